The summed E-state index contributed by atoms with van der Waals surface area (Å²) >= 11 is 0. The van der Waals surface area contributed by atoms with Gasteiger partial charge in [-0.1, -0.05) is 12.1 Å². The molecule has 0 aliphatic heterocycles. The highest BCUT2D eigenvalue weighted by atomic mass is 32.2. The number of carbonyl (C=O) groups excluding carboxylic acids is 1. The molecule has 1 amide bonds. The number of rotatable bonds is 8. The van der Waals surface area contributed by atoms with Crippen LogP contribution in [-0.4, -0.2) is 34.1 Å². The second-order valence-electron chi connectivity index (χ2n) is 4.65. The Bertz CT molecular complexity index is 557. The first-order valence-electron chi connectivity index (χ1n) is 6.48. The second-order valence-corrected chi connectivity index (χ2v) is 6.21. The average Bonchev–Trinajstić information content (AvgIpc) is 2.44. The summed E-state index contributed by atoms with van der Waals surface area (Å²) in [5.74, 6) is -0.248. The Hall–Kier alpha value is -1.48. The lowest BCUT2D eigenvalue weighted by Gasteiger charge is -2.12. The Labute approximate surface area is 124 Å². The van der Waals surface area contributed by atoms with Gasteiger partial charge in [-0.2, -0.15) is 0 Å². The summed E-state index contributed by atoms with van der Waals surface area (Å²) in [5, 5.41) is 7.70. The molecule has 7 nitrogen and oxygen atoms in total. The van der Waals surface area contributed by atoms with E-state index in [1.54, 1.807) is 19.2 Å². The summed E-state index contributed by atoms with van der Waals surface area (Å²) in [6, 6.07) is 5.40. The van der Waals surface area contributed by atoms with Crippen molar-refractivity contribution in [2.24, 2.45) is 10.9 Å². The van der Waals surface area contributed by atoms with Crippen LogP contribution in [0.4, 0.5) is 0 Å². The van der Waals surface area contributed by atoms with E-state index in [1.165, 1.54) is 12.1 Å². The maximum Gasteiger partial charge on any atom is 0.238 e. The number of hydrogen-bond donors (Lipinski definition) is 3. The summed E-state index contributed by atoms with van der Waals surface area (Å²) in [6.45, 7) is 0.845. The molecule has 21 heavy (non-hydrogen) atoms. The number of nitrogens with one attached hydrogen (secondary N) is 1. The van der Waals surface area contributed by atoms with Crippen molar-refractivity contribution < 1.29 is 17.9 Å². The first-order valence-corrected chi connectivity index (χ1v) is 8.03. The topological polar surface area (TPSA) is 125 Å². The Morgan fingerprint density at radius 1 is 1.33 bits per heavy atom. The monoisotopic (exact) mass is 315 g/mol. The minimum absolute atomic E-state index is 0.0360. The molecule has 1 unspecified atom stereocenters. The van der Waals surface area contributed by atoms with Gasteiger partial charge in [0.25, 0.3) is 0 Å². The van der Waals surface area contributed by atoms with Crippen molar-refractivity contribution in [2.45, 2.75) is 30.3 Å². The molecule has 0 saturated heterocycles. The molecule has 0 radical (unpaired) electrons. The Morgan fingerprint density at radius 2 is 1.95 bits per heavy atom. The molecule has 5 N–H and O–H groups in total. The maximum atomic E-state index is 11.7. The Kier molecular flexibility index (Phi) is 6.76. The number of carbonyl (C=O) groups is 1. The van der Waals surface area contributed by atoms with Crippen LogP contribution in [0.3, 0.4) is 0 Å². The average molecular weight is 315 g/mol. The van der Waals surface area contributed by atoms with Crippen molar-refractivity contribution in [3.63, 3.8) is 0 Å². The third kappa shape index (κ3) is 6.21. The van der Waals surface area contributed by atoms with Gasteiger partial charge >= 0.3 is 0 Å². The summed E-state index contributed by atoms with van der Waals surface area (Å²) in [6.07, 6.45) is 1.26. The van der Waals surface area contributed by atoms with E-state index in [2.05, 4.69) is 5.32 Å². The lowest BCUT2D eigenvalue weighted by atomic mass is 10.1. The molecule has 8 heteroatoms. The van der Waals surface area contributed by atoms with Crippen LogP contribution < -0.4 is 16.2 Å². The molecule has 0 saturated carbocycles. The molecule has 0 aliphatic carbocycles. The molecule has 1 aromatic carbocycles. The first-order chi connectivity index (χ1) is 9.84. The van der Waals surface area contributed by atoms with E-state index in [4.69, 9.17) is 15.6 Å². The molecule has 1 rings (SSSR count). The summed E-state index contributed by atoms with van der Waals surface area (Å²) in [5.41, 5.74) is 6.50. The predicted molar refractivity (Wildman–Crippen MR) is 78.7 cm³/mol. The van der Waals surface area contributed by atoms with E-state index < -0.39 is 16.1 Å². The zero-order valence-electron chi connectivity index (χ0n) is 11.9. The molecule has 0 aromatic heterocycles. The number of ether oxygens (including phenoxy) is 1. The molecule has 0 bridgehead atoms. The summed E-state index contributed by atoms with van der Waals surface area (Å²) < 4.78 is 27.1. The lowest BCUT2D eigenvalue weighted by Crippen LogP contribution is -2.40. The van der Waals surface area contributed by atoms with Crippen LogP contribution in [0, 0.1) is 0 Å². The van der Waals surface area contributed by atoms with Gasteiger partial charge in [0.2, 0.25) is 15.9 Å². The molecule has 0 aliphatic rings. The Morgan fingerprint density at radius 3 is 2.48 bits per heavy atom. The smallest absolute Gasteiger partial charge is 0.238 e. The zero-order valence-corrected chi connectivity index (χ0v) is 12.7. The van der Waals surface area contributed by atoms with Gasteiger partial charge in [0.1, 0.15) is 0 Å². The van der Waals surface area contributed by atoms with Gasteiger partial charge in [0.15, 0.2) is 0 Å². The quantitative estimate of drug-likeness (QED) is 0.568. The first kappa shape index (κ1) is 17.6. The van der Waals surface area contributed by atoms with Crippen LogP contribution >= 0.6 is 0 Å². The zero-order chi connectivity index (χ0) is 15.9. The molecule has 0 heterocycles. The van der Waals surface area contributed by atoms with Crippen LogP contribution in [0.15, 0.2) is 29.2 Å². The van der Waals surface area contributed by atoms with E-state index in [-0.39, 0.29) is 17.3 Å². The van der Waals surface area contributed by atoms with Gasteiger partial charge in [-0.25, -0.2) is 13.6 Å². The summed E-state index contributed by atoms with van der Waals surface area (Å²) in [7, 11) is -2.10. The molecule has 118 valence electrons. The fourth-order valence-corrected chi connectivity index (χ4v) is 2.21. The number of hydrogen-bond acceptors (Lipinski definition) is 5. The highest BCUT2D eigenvalue weighted by Crippen LogP contribution is 2.08. The Balaban J connectivity index is 2.46. The predicted octanol–water partition coefficient (Wildman–Crippen LogP) is -0.296. The van der Waals surface area contributed by atoms with Crippen LogP contribution in [-0.2, 0) is 26.1 Å². The van der Waals surface area contributed by atoms with E-state index >= 15 is 0 Å². The van der Waals surface area contributed by atoms with Crippen molar-refractivity contribution in [1.29, 1.82) is 0 Å². The number of benzene rings is 1. The van der Waals surface area contributed by atoms with Crippen LogP contribution in [0.2, 0.25) is 0 Å². The van der Waals surface area contributed by atoms with E-state index in [0.717, 1.165) is 5.56 Å². The van der Waals surface area contributed by atoms with E-state index in [1.807, 2.05) is 0 Å². The minimum Gasteiger partial charge on any atom is -0.385 e. The molecule has 0 fully saturated rings. The van der Waals surface area contributed by atoms with Crippen LogP contribution in [0.25, 0.3) is 0 Å². The van der Waals surface area contributed by atoms with Crippen LogP contribution in [0.5, 0.6) is 0 Å². The third-order valence-electron chi connectivity index (χ3n) is 2.92. The molecular formula is C13H21N3O4S. The highest BCUT2D eigenvalue weighted by molar-refractivity contribution is 7.89. The molecular weight excluding hydrogens is 294 g/mol. The minimum atomic E-state index is -3.70. The van der Waals surface area contributed by atoms with Gasteiger partial charge in [-0.05, 0) is 30.5 Å². The number of amides is 1. The fourth-order valence-electron chi connectivity index (χ4n) is 1.70. The van der Waals surface area contributed by atoms with Gasteiger partial charge in [-0.15, -0.1) is 0 Å². The van der Waals surface area contributed by atoms with Gasteiger partial charge < -0.3 is 15.8 Å². The lowest BCUT2D eigenvalue weighted by molar-refractivity contribution is -0.122. The molecule has 1 aromatic rings. The van der Waals surface area contributed by atoms with Gasteiger partial charge in [-0.3, -0.25) is 4.79 Å². The number of primary sulfonamides is 1. The standard InChI is InChI=1S/C13H21N3O4S/c1-20-8-2-3-12(14)13(17)16-9-10-4-6-11(7-5-10)21(15,18)19/h4-7,12H,2-3,8-9,14H2,1H3,(H,16,17)(H2,15,18,19). The van der Waals surface area contributed by atoms with E-state index in [0.29, 0.717) is 19.4 Å². The largest absolute Gasteiger partial charge is 0.385 e. The van der Waals surface area contributed by atoms with Crippen molar-refractivity contribution in [3.8, 4) is 0 Å². The number of methoxy groups -OCH3 is 1. The SMILES string of the molecule is COCCCC(N)C(=O)NCc1ccc(S(N)(=O)=O)cc1. The fraction of sp³-hybridized carbons (Fsp3) is 0.462. The maximum absolute atomic E-state index is 11.7. The number of nitrogens with two attached hydrogens (primary N) is 2. The van der Waals surface area contributed by atoms with Crippen molar-refractivity contribution in [2.75, 3.05) is 13.7 Å². The third-order valence-corrected chi connectivity index (χ3v) is 3.85. The number of sulfonamides is 1. The summed E-state index contributed by atoms with van der Waals surface area (Å²) in [4.78, 5) is 11.8. The van der Waals surface area contributed by atoms with E-state index in [9.17, 15) is 13.2 Å². The second kappa shape index (κ2) is 8.08. The van der Waals surface area contributed by atoms with Gasteiger partial charge in [0, 0.05) is 20.3 Å². The normalized spacial score (nSPS) is 12.9. The highest BCUT2D eigenvalue weighted by Gasteiger charge is 2.12. The van der Waals surface area contributed by atoms with Crippen molar-refractivity contribution in [3.05, 3.63) is 29.8 Å². The van der Waals surface area contributed by atoms with Crippen LogP contribution in [0.1, 0.15) is 18.4 Å². The molecule has 1 atom stereocenters. The molecule has 0 spiro atoms. The van der Waals surface area contributed by atoms with Gasteiger partial charge in [0.05, 0.1) is 10.9 Å². The van der Waals surface area contributed by atoms with Crippen molar-refractivity contribution >= 4 is 15.9 Å². The van der Waals surface area contributed by atoms with Crippen molar-refractivity contribution in [1.82, 2.24) is 5.32 Å².